The van der Waals surface area contributed by atoms with Crippen molar-refractivity contribution in [2.24, 2.45) is 0 Å². The van der Waals surface area contributed by atoms with E-state index in [1.807, 2.05) is 24.3 Å². The summed E-state index contributed by atoms with van der Waals surface area (Å²) < 4.78 is 54.1. The first-order valence-electron chi connectivity index (χ1n) is 11.8. The van der Waals surface area contributed by atoms with Crippen molar-refractivity contribution in [1.82, 2.24) is 18.2 Å². The highest BCUT2D eigenvalue weighted by atomic mass is 32.2. The van der Waals surface area contributed by atoms with Crippen LogP contribution in [-0.2, 0) is 20.0 Å². The maximum Gasteiger partial charge on any atom is 0.268 e. The Hall–Kier alpha value is -3.58. The molecule has 1 fully saturated rings. The van der Waals surface area contributed by atoms with Crippen molar-refractivity contribution in [1.29, 1.82) is 0 Å². The average molecular weight is 566 g/mol. The second-order valence-electron chi connectivity index (χ2n) is 8.80. The molecule has 5 aromatic rings. The van der Waals surface area contributed by atoms with Crippen molar-refractivity contribution in [2.75, 3.05) is 31.1 Å². The first kappa shape index (κ1) is 24.7. The maximum atomic E-state index is 13.5. The third-order valence-electron chi connectivity index (χ3n) is 6.66. The van der Waals surface area contributed by atoms with Crippen molar-refractivity contribution in [3.8, 4) is 10.4 Å². The number of sulfonamides is 1. The molecule has 0 atom stereocenters. The monoisotopic (exact) mass is 565 g/mol. The van der Waals surface area contributed by atoms with E-state index in [0.29, 0.717) is 31.7 Å². The fourth-order valence-corrected chi connectivity index (χ4v) is 8.03. The van der Waals surface area contributed by atoms with Crippen LogP contribution in [-0.4, -0.2) is 61.3 Å². The lowest BCUT2D eigenvalue weighted by Crippen LogP contribution is -2.48. The number of nitrogens with zero attached hydrogens (tertiary/aromatic N) is 5. The van der Waals surface area contributed by atoms with Gasteiger partial charge in [-0.1, -0.05) is 43.0 Å². The zero-order chi connectivity index (χ0) is 26.5. The lowest BCUT2D eigenvalue weighted by molar-refractivity contribution is 0.389. The molecule has 0 aliphatic carbocycles. The van der Waals surface area contributed by atoms with Gasteiger partial charge in [0.1, 0.15) is 17.0 Å². The van der Waals surface area contributed by atoms with Crippen LogP contribution in [0.4, 0.5) is 5.82 Å². The summed E-state index contributed by atoms with van der Waals surface area (Å²) in [4.78, 5) is 12.9. The second kappa shape index (κ2) is 9.31. The van der Waals surface area contributed by atoms with E-state index in [2.05, 4.69) is 21.4 Å². The van der Waals surface area contributed by atoms with E-state index in [4.69, 9.17) is 0 Å². The van der Waals surface area contributed by atoms with Crippen LogP contribution in [0.5, 0.6) is 0 Å². The van der Waals surface area contributed by atoms with E-state index in [1.54, 1.807) is 42.6 Å². The highest BCUT2D eigenvalue weighted by Gasteiger charge is 2.27. The molecule has 1 aliphatic rings. The molecule has 2 aromatic carbocycles. The van der Waals surface area contributed by atoms with Crippen LogP contribution in [0.2, 0.25) is 0 Å². The molecule has 0 spiro atoms. The fourth-order valence-electron chi connectivity index (χ4n) is 4.74. The lowest BCUT2D eigenvalue weighted by Gasteiger charge is -2.34. The molecule has 0 bridgehead atoms. The summed E-state index contributed by atoms with van der Waals surface area (Å²) in [6.45, 7) is 5.05. The molecule has 38 heavy (non-hydrogen) atoms. The van der Waals surface area contributed by atoms with Gasteiger partial charge >= 0.3 is 0 Å². The molecule has 194 valence electrons. The maximum absolute atomic E-state index is 13.5. The Morgan fingerprint density at radius 3 is 2.32 bits per heavy atom. The first-order chi connectivity index (χ1) is 18.3. The molecular formula is C26H23N5O4S3. The highest BCUT2D eigenvalue weighted by molar-refractivity contribution is 7.92. The van der Waals surface area contributed by atoms with E-state index >= 15 is 0 Å². The number of benzene rings is 2. The summed E-state index contributed by atoms with van der Waals surface area (Å²) in [6, 6.07) is 17.8. The van der Waals surface area contributed by atoms with Crippen LogP contribution in [0, 0.1) is 0 Å². The van der Waals surface area contributed by atoms with Crippen molar-refractivity contribution < 1.29 is 16.8 Å². The Balaban J connectivity index is 1.42. The summed E-state index contributed by atoms with van der Waals surface area (Å²) in [7, 11) is -7.27. The van der Waals surface area contributed by atoms with Gasteiger partial charge in [-0.15, -0.1) is 11.3 Å². The van der Waals surface area contributed by atoms with Crippen LogP contribution < -0.4 is 4.90 Å². The van der Waals surface area contributed by atoms with E-state index in [0.717, 1.165) is 37.3 Å². The van der Waals surface area contributed by atoms with Crippen molar-refractivity contribution in [2.45, 2.75) is 4.90 Å². The Labute approximate surface area is 224 Å². The predicted octanol–water partition coefficient (Wildman–Crippen LogP) is 4.15. The Morgan fingerprint density at radius 2 is 1.58 bits per heavy atom. The zero-order valence-corrected chi connectivity index (χ0v) is 22.6. The van der Waals surface area contributed by atoms with Crippen LogP contribution in [0.15, 0.2) is 90.1 Å². The number of rotatable bonds is 6. The summed E-state index contributed by atoms with van der Waals surface area (Å²) in [5.74, 6) is 0.730. The highest BCUT2D eigenvalue weighted by Crippen LogP contribution is 2.40. The fraction of sp³-hybridized carbons (Fsp3) is 0.154. The lowest BCUT2D eigenvalue weighted by atomic mass is 10.1. The van der Waals surface area contributed by atoms with Gasteiger partial charge in [-0.2, -0.15) is 4.31 Å². The molecule has 0 saturated carbocycles. The van der Waals surface area contributed by atoms with Crippen LogP contribution in [0.1, 0.15) is 0 Å². The zero-order valence-electron chi connectivity index (χ0n) is 20.1. The minimum Gasteiger partial charge on any atom is -0.353 e. The standard InChI is InChI=1S/C26H23N5O4S3/c1-2-37(32,33)30-14-12-29(13-15-30)25-21-16-24(36-26(21)28-18-27-25)22-17-31(23-11-7-6-10-20(22)23)38(34,35)19-8-4-3-5-9-19/h2-11,16-18H,1,12-15H2. The Bertz CT molecular complexity index is 1890. The van der Waals surface area contributed by atoms with E-state index in [-0.39, 0.29) is 4.90 Å². The van der Waals surface area contributed by atoms with Gasteiger partial charge in [0.15, 0.2) is 0 Å². The summed E-state index contributed by atoms with van der Waals surface area (Å²) in [5.41, 5.74) is 1.38. The number of piperazine rings is 1. The number of hydrogen-bond acceptors (Lipinski definition) is 8. The minimum atomic E-state index is -3.80. The number of hydrogen-bond donors (Lipinski definition) is 0. The van der Waals surface area contributed by atoms with Gasteiger partial charge in [0.2, 0.25) is 10.0 Å². The minimum absolute atomic E-state index is 0.217. The first-order valence-corrected chi connectivity index (χ1v) is 15.6. The van der Waals surface area contributed by atoms with Crippen LogP contribution in [0.25, 0.3) is 31.6 Å². The van der Waals surface area contributed by atoms with Gasteiger partial charge in [-0.3, -0.25) is 0 Å². The average Bonchev–Trinajstić information content (AvgIpc) is 3.56. The predicted molar refractivity (Wildman–Crippen MR) is 150 cm³/mol. The third kappa shape index (κ3) is 4.09. The Kier molecular flexibility index (Phi) is 6.06. The molecule has 1 saturated heterocycles. The van der Waals surface area contributed by atoms with E-state index < -0.39 is 20.0 Å². The van der Waals surface area contributed by atoms with Crippen molar-refractivity contribution in [3.05, 3.63) is 85.2 Å². The molecular weight excluding hydrogens is 543 g/mol. The molecule has 0 N–H and O–H groups in total. The summed E-state index contributed by atoms with van der Waals surface area (Å²) >= 11 is 1.47. The van der Waals surface area contributed by atoms with Crippen molar-refractivity contribution >= 4 is 58.3 Å². The summed E-state index contributed by atoms with van der Waals surface area (Å²) in [6.07, 6.45) is 3.18. The largest absolute Gasteiger partial charge is 0.353 e. The van der Waals surface area contributed by atoms with Crippen LogP contribution in [0.3, 0.4) is 0 Å². The molecule has 1 aliphatic heterocycles. The molecule has 4 heterocycles. The smallest absolute Gasteiger partial charge is 0.268 e. The molecule has 12 heteroatoms. The number of para-hydroxylation sites is 1. The van der Waals surface area contributed by atoms with Crippen LogP contribution >= 0.6 is 11.3 Å². The van der Waals surface area contributed by atoms with Gasteiger partial charge in [0, 0.05) is 53.6 Å². The van der Waals surface area contributed by atoms with Crippen molar-refractivity contribution in [3.63, 3.8) is 0 Å². The SMILES string of the molecule is C=CS(=O)(=O)N1CCN(c2ncnc3sc(-c4cn(S(=O)(=O)c5ccccc5)c5ccccc45)cc23)CC1. The quantitative estimate of drug-likeness (QED) is 0.305. The number of aromatic nitrogens is 3. The van der Waals surface area contributed by atoms with E-state index in [9.17, 15) is 16.8 Å². The van der Waals surface area contributed by atoms with Gasteiger partial charge in [0.25, 0.3) is 10.0 Å². The van der Waals surface area contributed by atoms with E-state index in [1.165, 1.54) is 25.9 Å². The molecule has 0 unspecified atom stereocenters. The van der Waals surface area contributed by atoms with Gasteiger partial charge < -0.3 is 4.90 Å². The number of anilines is 1. The molecule has 9 nitrogen and oxygen atoms in total. The van der Waals surface area contributed by atoms with Gasteiger partial charge in [-0.25, -0.2) is 30.8 Å². The van der Waals surface area contributed by atoms with Gasteiger partial charge in [-0.05, 0) is 24.3 Å². The third-order valence-corrected chi connectivity index (χ3v) is 10.9. The molecule has 0 radical (unpaired) electrons. The molecule has 3 aromatic heterocycles. The molecule has 0 amide bonds. The topological polar surface area (TPSA) is 105 Å². The van der Waals surface area contributed by atoms with Gasteiger partial charge in [0.05, 0.1) is 15.8 Å². The Morgan fingerprint density at radius 1 is 0.868 bits per heavy atom. The number of thiophene rings is 1. The second-order valence-corrected chi connectivity index (χ2v) is 13.5. The summed E-state index contributed by atoms with van der Waals surface area (Å²) in [5, 5.41) is 2.64. The molecule has 6 rings (SSSR count). The normalized spacial score (nSPS) is 15.3. The number of fused-ring (bicyclic) bond motifs is 2.